The number of nitrogens with one attached hydrogen (secondary N) is 1. The summed E-state index contributed by atoms with van der Waals surface area (Å²) >= 11 is 5.89. The Hall–Kier alpha value is -3.31. The number of halogens is 1. The Bertz CT molecular complexity index is 1260. The highest BCUT2D eigenvalue weighted by molar-refractivity contribution is 6.30. The van der Waals surface area contributed by atoms with Crippen LogP contribution in [0.4, 0.5) is 0 Å². The number of hydrogen-bond donors (Lipinski definition) is 1. The summed E-state index contributed by atoms with van der Waals surface area (Å²) in [5, 5.41) is 3.61. The zero-order valence-corrected chi connectivity index (χ0v) is 21.1. The van der Waals surface area contributed by atoms with Crippen LogP contribution in [0.2, 0.25) is 5.02 Å². The summed E-state index contributed by atoms with van der Waals surface area (Å²) < 4.78 is 8.35. The van der Waals surface area contributed by atoms with Gasteiger partial charge in [-0.3, -0.25) is 4.79 Å². The van der Waals surface area contributed by atoms with Crippen molar-refractivity contribution in [3.63, 3.8) is 0 Å². The Labute approximate surface area is 212 Å². The fourth-order valence-corrected chi connectivity index (χ4v) is 4.45. The number of unbranched alkanes of at least 4 members (excludes halogenated alkanes) is 2. The molecule has 4 aromatic rings. The third-order valence-corrected chi connectivity index (χ3v) is 6.23. The van der Waals surface area contributed by atoms with Crippen LogP contribution in [0.1, 0.15) is 46.6 Å². The van der Waals surface area contributed by atoms with E-state index < -0.39 is 0 Å². The van der Waals surface area contributed by atoms with E-state index in [1.807, 2.05) is 6.07 Å². The molecule has 1 N–H and O–H groups in total. The first-order valence-electron chi connectivity index (χ1n) is 12.2. The molecule has 0 atom stereocenters. The summed E-state index contributed by atoms with van der Waals surface area (Å²) in [6.45, 7) is 6.17. The number of aromatic nitrogens is 2. The molecule has 35 heavy (non-hydrogen) atoms. The van der Waals surface area contributed by atoms with E-state index in [1.54, 1.807) is 24.3 Å². The second-order valence-electron chi connectivity index (χ2n) is 8.91. The van der Waals surface area contributed by atoms with Gasteiger partial charge in [-0.1, -0.05) is 36.2 Å². The maximum atomic E-state index is 12.2. The number of fused-ring (bicyclic) bond motifs is 1. The number of para-hydroxylation sites is 2. The van der Waals surface area contributed by atoms with Crippen LogP contribution in [0.3, 0.4) is 0 Å². The second-order valence-corrected chi connectivity index (χ2v) is 9.35. The predicted molar refractivity (Wildman–Crippen MR) is 142 cm³/mol. The molecule has 0 fully saturated rings. The van der Waals surface area contributed by atoms with Crippen LogP contribution in [0.25, 0.3) is 11.0 Å². The van der Waals surface area contributed by atoms with Crippen LogP contribution in [0.5, 0.6) is 5.75 Å². The van der Waals surface area contributed by atoms with E-state index in [2.05, 4.69) is 60.1 Å². The molecule has 182 valence electrons. The zero-order valence-electron chi connectivity index (χ0n) is 20.4. The van der Waals surface area contributed by atoms with Crippen molar-refractivity contribution in [3.05, 3.63) is 94.3 Å². The summed E-state index contributed by atoms with van der Waals surface area (Å²) in [5.41, 5.74) is 5.20. The monoisotopic (exact) mass is 489 g/mol. The van der Waals surface area contributed by atoms with Crippen LogP contribution in [0, 0.1) is 13.8 Å². The Kier molecular flexibility index (Phi) is 8.43. The van der Waals surface area contributed by atoms with E-state index in [0.29, 0.717) is 23.7 Å². The number of aryl methyl sites for hydroxylation is 3. The van der Waals surface area contributed by atoms with Crippen molar-refractivity contribution in [2.45, 2.75) is 46.1 Å². The van der Waals surface area contributed by atoms with Gasteiger partial charge in [0.15, 0.2) is 0 Å². The van der Waals surface area contributed by atoms with Gasteiger partial charge in [0.2, 0.25) is 0 Å². The first-order valence-corrected chi connectivity index (χ1v) is 12.6. The number of rotatable bonds is 11. The van der Waals surface area contributed by atoms with Crippen molar-refractivity contribution in [3.8, 4) is 5.75 Å². The summed E-state index contributed by atoms with van der Waals surface area (Å²) in [6.07, 6.45) is 3.85. The molecule has 0 aliphatic heterocycles. The average molecular weight is 490 g/mol. The van der Waals surface area contributed by atoms with Crippen LogP contribution in [-0.2, 0) is 13.0 Å². The second kappa shape index (κ2) is 11.9. The Morgan fingerprint density at radius 2 is 1.71 bits per heavy atom. The molecule has 1 amide bonds. The van der Waals surface area contributed by atoms with Crippen LogP contribution < -0.4 is 10.1 Å². The molecule has 1 heterocycles. The maximum Gasteiger partial charge on any atom is 0.251 e. The number of ether oxygens (including phenoxy) is 1. The van der Waals surface area contributed by atoms with Crippen LogP contribution >= 0.6 is 11.6 Å². The molecule has 0 saturated carbocycles. The molecule has 0 aliphatic rings. The highest BCUT2D eigenvalue weighted by Gasteiger charge is 2.11. The van der Waals surface area contributed by atoms with Crippen molar-refractivity contribution in [1.29, 1.82) is 0 Å². The van der Waals surface area contributed by atoms with Crippen LogP contribution in [-0.4, -0.2) is 28.6 Å². The van der Waals surface area contributed by atoms with Gasteiger partial charge in [-0.25, -0.2) is 4.98 Å². The normalized spacial score (nSPS) is 11.1. The minimum atomic E-state index is -0.0627. The van der Waals surface area contributed by atoms with Gasteiger partial charge in [0.05, 0.1) is 17.6 Å². The molecule has 0 spiro atoms. The number of carbonyl (C=O) groups is 1. The van der Waals surface area contributed by atoms with E-state index >= 15 is 0 Å². The summed E-state index contributed by atoms with van der Waals surface area (Å²) in [5.74, 6) is 1.93. The third-order valence-electron chi connectivity index (χ3n) is 5.98. The van der Waals surface area contributed by atoms with E-state index in [0.717, 1.165) is 54.8 Å². The first-order chi connectivity index (χ1) is 17.0. The van der Waals surface area contributed by atoms with Gasteiger partial charge in [-0.15, -0.1) is 0 Å². The van der Waals surface area contributed by atoms with Gasteiger partial charge >= 0.3 is 0 Å². The summed E-state index contributed by atoms with van der Waals surface area (Å²) in [6, 6.07) is 21.5. The summed E-state index contributed by atoms with van der Waals surface area (Å²) in [4.78, 5) is 17.1. The fraction of sp³-hybridized carbons (Fsp3) is 0.310. The van der Waals surface area contributed by atoms with E-state index in [4.69, 9.17) is 21.3 Å². The van der Waals surface area contributed by atoms with Crippen LogP contribution in [0.15, 0.2) is 66.7 Å². The number of hydrogen-bond acceptors (Lipinski definition) is 3. The fourth-order valence-electron chi connectivity index (χ4n) is 4.33. The zero-order chi connectivity index (χ0) is 24.6. The largest absolute Gasteiger partial charge is 0.492 e. The lowest BCUT2D eigenvalue weighted by Gasteiger charge is -2.12. The molecule has 0 saturated heterocycles. The molecule has 6 heteroatoms. The maximum absolute atomic E-state index is 12.2. The number of imidazole rings is 1. The van der Waals surface area contributed by atoms with E-state index in [9.17, 15) is 4.79 Å². The van der Waals surface area contributed by atoms with E-state index in [1.165, 1.54) is 11.1 Å². The van der Waals surface area contributed by atoms with Gasteiger partial charge < -0.3 is 14.6 Å². The quantitative estimate of drug-likeness (QED) is 0.244. The number of amides is 1. The number of benzene rings is 3. The third kappa shape index (κ3) is 6.86. The molecule has 0 aliphatic carbocycles. The lowest BCUT2D eigenvalue weighted by Crippen LogP contribution is -2.24. The van der Waals surface area contributed by atoms with Gasteiger partial charge in [-0.2, -0.15) is 0 Å². The molecule has 0 bridgehead atoms. The minimum Gasteiger partial charge on any atom is -0.492 e. The topological polar surface area (TPSA) is 56.1 Å². The van der Waals surface area contributed by atoms with Crippen molar-refractivity contribution in [1.82, 2.24) is 14.9 Å². The van der Waals surface area contributed by atoms with Crippen molar-refractivity contribution >= 4 is 28.5 Å². The summed E-state index contributed by atoms with van der Waals surface area (Å²) in [7, 11) is 0. The smallest absolute Gasteiger partial charge is 0.251 e. The Morgan fingerprint density at radius 3 is 2.49 bits per heavy atom. The standard InChI is InChI=1S/C29H32ClN3O2/c1-21-18-22(2)20-25(19-21)35-17-16-33-27-9-6-5-8-26(27)32-28(33)10-4-3-7-15-31-29(34)23-11-13-24(30)14-12-23/h5-6,8-9,11-14,18-20H,3-4,7,10,15-17H2,1-2H3,(H,31,34). The highest BCUT2D eigenvalue weighted by atomic mass is 35.5. The molecule has 3 aromatic carbocycles. The van der Waals surface area contributed by atoms with E-state index in [-0.39, 0.29) is 5.91 Å². The highest BCUT2D eigenvalue weighted by Crippen LogP contribution is 2.20. The molecule has 5 nitrogen and oxygen atoms in total. The van der Waals surface area contributed by atoms with Gasteiger partial charge in [0.25, 0.3) is 5.91 Å². The predicted octanol–water partition coefficient (Wildman–Crippen LogP) is 6.53. The molecule has 0 unspecified atom stereocenters. The van der Waals surface area contributed by atoms with Crippen molar-refractivity contribution in [2.24, 2.45) is 0 Å². The SMILES string of the molecule is Cc1cc(C)cc(OCCn2c(CCCCCNC(=O)c3ccc(Cl)cc3)nc3ccccc32)c1. The molecule has 1 aromatic heterocycles. The number of carbonyl (C=O) groups excluding carboxylic acids is 1. The Balaban J connectivity index is 1.28. The minimum absolute atomic E-state index is 0.0627. The molecule has 0 radical (unpaired) electrons. The first kappa shape index (κ1) is 24.8. The number of nitrogens with zero attached hydrogens (tertiary/aromatic N) is 2. The average Bonchev–Trinajstić information content (AvgIpc) is 3.18. The lowest BCUT2D eigenvalue weighted by molar-refractivity contribution is 0.0953. The lowest BCUT2D eigenvalue weighted by atomic mass is 10.1. The Morgan fingerprint density at radius 1 is 0.971 bits per heavy atom. The molecular weight excluding hydrogens is 458 g/mol. The molecular formula is C29H32ClN3O2. The van der Waals surface area contributed by atoms with Gasteiger partial charge in [0.1, 0.15) is 18.2 Å². The van der Waals surface area contributed by atoms with Gasteiger partial charge in [0, 0.05) is 23.6 Å². The molecule has 4 rings (SSSR count). The van der Waals surface area contributed by atoms with Crippen molar-refractivity contribution in [2.75, 3.05) is 13.2 Å². The van der Waals surface area contributed by atoms with Gasteiger partial charge in [-0.05, 0) is 86.3 Å². The van der Waals surface area contributed by atoms with Crippen molar-refractivity contribution < 1.29 is 9.53 Å².